The predicted octanol–water partition coefficient (Wildman–Crippen LogP) is 4.03. The Morgan fingerprint density at radius 2 is 1.62 bits per heavy atom. The molecule has 2 aromatic carbocycles. The van der Waals surface area contributed by atoms with Crippen LogP contribution in [0.5, 0.6) is 0 Å². The third-order valence-electron chi connectivity index (χ3n) is 3.31. The monoisotopic (exact) mass is 278 g/mol. The van der Waals surface area contributed by atoms with Crippen molar-refractivity contribution >= 4 is 28.4 Å². The lowest BCUT2D eigenvalue weighted by Gasteiger charge is -2.11. The summed E-state index contributed by atoms with van der Waals surface area (Å²) in [6.07, 6.45) is 0. The second-order valence-corrected chi connectivity index (χ2v) is 5.16. The molecule has 0 aliphatic carbocycles. The maximum atomic E-state index is 4.54. The van der Waals surface area contributed by atoms with Crippen molar-refractivity contribution in [2.45, 2.75) is 13.8 Å². The van der Waals surface area contributed by atoms with Gasteiger partial charge >= 0.3 is 0 Å². The molecule has 0 saturated carbocycles. The number of nitrogens with zero attached hydrogens (tertiary/aromatic N) is 2. The molecule has 0 aliphatic heterocycles. The van der Waals surface area contributed by atoms with Crippen LogP contribution in [0.3, 0.4) is 0 Å². The SMILES string of the molecule is CNc1nc(Nc2cc(C)cc(C)c2)c2ccccc2n1. The zero-order valence-corrected chi connectivity index (χ0v) is 12.4. The Morgan fingerprint density at radius 1 is 0.905 bits per heavy atom. The Balaban J connectivity index is 2.10. The van der Waals surface area contributed by atoms with E-state index in [0.29, 0.717) is 5.95 Å². The molecule has 1 heterocycles. The number of rotatable bonds is 3. The summed E-state index contributed by atoms with van der Waals surface area (Å²) in [5, 5.41) is 7.43. The third kappa shape index (κ3) is 2.79. The summed E-state index contributed by atoms with van der Waals surface area (Å²) in [6.45, 7) is 4.19. The smallest absolute Gasteiger partial charge is 0.224 e. The quantitative estimate of drug-likeness (QED) is 0.759. The van der Waals surface area contributed by atoms with Crippen molar-refractivity contribution in [2.24, 2.45) is 0 Å². The van der Waals surface area contributed by atoms with E-state index in [-0.39, 0.29) is 0 Å². The van der Waals surface area contributed by atoms with Crippen molar-refractivity contribution in [1.29, 1.82) is 0 Å². The molecule has 1 aromatic heterocycles. The number of benzene rings is 2. The molecule has 0 bridgehead atoms. The number of aromatic nitrogens is 2. The highest BCUT2D eigenvalue weighted by Gasteiger charge is 2.07. The molecule has 0 saturated heterocycles. The molecule has 0 atom stereocenters. The number of hydrogen-bond donors (Lipinski definition) is 2. The highest BCUT2D eigenvalue weighted by Crippen LogP contribution is 2.26. The molecule has 0 spiro atoms. The van der Waals surface area contributed by atoms with E-state index in [0.717, 1.165) is 22.4 Å². The van der Waals surface area contributed by atoms with E-state index in [4.69, 9.17) is 0 Å². The third-order valence-corrected chi connectivity index (χ3v) is 3.31. The molecule has 0 unspecified atom stereocenters. The van der Waals surface area contributed by atoms with Crippen LogP contribution in [0.15, 0.2) is 42.5 Å². The van der Waals surface area contributed by atoms with Gasteiger partial charge in [-0.2, -0.15) is 4.98 Å². The number of fused-ring (bicyclic) bond motifs is 1. The summed E-state index contributed by atoms with van der Waals surface area (Å²) in [5.74, 6) is 1.43. The van der Waals surface area contributed by atoms with Gasteiger partial charge in [-0.15, -0.1) is 0 Å². The van der Waals surface area contributed by atoms with Crippen molar-refractivity contribution in [3.05, 3.63) is 53.6 Å². The summed E-state index contributed by atoms with van der Waals surface area (Å²) >= 11 is 0. The highest BCUT2D eigenvalue weighted by atomic mass is 15.1. The van der Waals surface area contributed by atoms with Gasteiger partial charge in [0.1, 0.15) is 5.82 Å². The zero-order valence-electron chi connectivity index (χ0n) is 12.4. The van der Waals surface area contributed by atoms with Gasteiger partial charge in [-0.05, 0) is 49.2 Å². The van der Waals surface area contributed by atoms with Crippen LogP contribution in [0.4, 0.5) is 17.5 Å². The van der Waals surface area contributed by atoms with Crippen LogP contribution in [0, 0.1) is 13.8 Å². The zero-order chi connectivity index (χ0) is 14.8. The molecule has 2 N–H and O–H groups in total. The van der Waals surface area contributed by atoms with Crippen molar-refractivity contribution < 1.29 is 0 Å². The lowest BCUT2D eigenvalue weighted by molar-refractivity contribution is 1.19. The summed E-state index contributed by atoms with van der Waals surface area (Å²) < 4.78 is 0. The fraction of sp³-hybridized carbons (Fsp3) is 0.176. The molecule has 3 aromatic rings. The van der Waals surface area contributed by atoms with Crippen molar-refractivity contribution in [3.63, 3.8) is 0 Å². The molecular formula is C17H18N4. The van der Waals surface area contributed by atoms with Crippen molar-refractivity contribution in [1.82, 2.24) is 9.97 Å². The Kier molecular flexibility index (Phi) is 3.44. The predicted molar refractivity (Wildman–Crippen MR) is 88.3 cm³/mol. The van der Waals surface area contributed by atoms with E-state index in [1.165, 1.54) is 11.1 Å². The normalized spacial score (nSPS) is 10.6. The Labute approximate surface area is 124 Å². The maximum Gasteiger partial charge on any atom is 0.224 e. The van der Waals surface area contributed by atoms with Crippen molar-refractivity contribution in [2.75, 3.05) is 17.7 Å². The fourth-order valence-corrected chi connectivity index (χ4v) is 2.47. The largest absolute Gasteiger partial charge is 0.357 e. The Morgan fingerprint density at radius 3 is 2.33 bits per heavy atom. The lowest BCUT2D eigenvalue weighted by Crippen LogP contribution is -2.02. The van der Waals surface area contributed by atoms with Crippen LogP contribution in [0.1, 0.15) is 11.1 Å². The first-order chi connectivity index (χ1) is 10.2. The first kappa shape index (κ1) is 13.4. The second kappa shape index (κ2) is 5.40. The van der Waals surface area contributed by atoms with Gasteiger partial charge in [-0.1, -0.05) is 18.2 Å². The molecule has 4 heteroatoms. The van der Waals surface area contributed by atoms with Gasteiger partial charge < -0.3 is 10.6 Å². The van der Waals surface area contributed by atoms with Gasteiger partial charge in [-0.3, -0.25) is 0 Å². The standard InChI is InChI=1S/C17H18N4/c1-11-8-12(2)10-13(9-11)19-16-14-6-4-5-7-15(14)20-17(18-3)21-16/h4-10H,1-3H3,(H2,18,19,20,21). The average molecular weight is 278 g/mol. The van der Waals surface area contributed by atoms with E-state index in [1.807, 2.05) is 31.3 Å². The van der Waals surface area contributed by atoms with E-state index < -0.39 is 0 Å². The number of hydrogen-bond acceptors (Lipinski definition) is 4. The molecule has 0 amide bonds. The molecule has 0 fully saturated rings. The first-order valence-corrected chi connectivity index (χ1v) is 6.95. The molecule has 4 nitrogen and oxygen atoms in total. The number of aryl methyl sites for hydroxylation is 2. The summed E-state index contributed by atoms with van der Waals surface area (Å²) in [7, 11) is 1.82. The molecule has 106 valence electrons. The van der Waals surface area contributed by atoms with Crippen LogP contribution < -0.4 is 10.6 Å². The maximum absolute atomic E-state index is 4.54. The van der Waals surface area contributed by atoms with E-state index >= 15 is 0 Å². The molecular weight excluding hydrogens is 260 g/mol. The van der Waals surface area contributed by atoms with Crippen LogP contribution in [0.25, 0.3) is 10.9 Å². The Bertz CT molecular complexity index is 776. The van der Waals surface area contributed by atoms with Gasteiger partial charge in [0.2, 0.25) is 5.95 Å². The van der Waals surface area contributed by atoms with E-state index in [9.17, 15) is 0 Å². The average Bonchev–Trinajstić information content (AvgIpc) is 2.46. The lowest BCUT2D eigenvalue weighted by atomic mass is 10.1. The summed E-state index contributed by atoms with van der Waals surface area (Å²) in [4.78, 5) is 9.01. The highest BCUT2D eigenvalue weighted by molar-refractivity contribution is 5.91. The number of nitrogens with one attached hydrogen (secondary N) is 2. The minimum Gasteiger partial charge on any atom is -0.357 e. The van der Waals surface area contributed by atoms with Crippen LogP contribution >= 0.6 is 0 Å². The topological polar surface area (TPSA) is 49.8 Å². The molecule has 3 rings (SSSR count). The van der Waals surface area contributed by atoms with Gasteiger partial charge in [0, 0.05) is 18.1 Å². The van der Waals surface area contributed by atoms with E-state index in [1.54, 1.807) is 0 Å². The Hall–Kier alpha value is -2.62. The van der Waals surface area contributed by atoms with Gasteiger partial charge in [-0.25, -0.2) is 4.98 Å². The molecule has 0 radical (unpaired) electrons. The van der Waals surface area contributed by atoms with Crippen LogP contribution in [0.2, 0.25) is 0 Å². The minimum absolute atomic E-state index is 0.612. The number of anilines is 3. The fourth-order valence-electron chi connectivity index (χ4n) is 2.47. The van der Waals surface area contributed by atoms with Gasteiger partial charge in [0.15, 0.2) is 0 Å². The summed E-state index contributed by atoms with van der Waals surface area (Å²) in [6, 6.07) is 14.4. The minimum atomic E-state index is 0.612. The van der Waals surface area contributed by atoms with Crippen LogP contribution in [-0.4, -0.2) is 17.0 Å². The summed E-state index contributed by atoms with van der Waals surface area (Å²) in [5.41, 5.74) is 4.41. The van der Waals surface area contributed by atoms with Gasteiger partial charge in [0.25, 0.3) is 0 Å². The molecule has 0 aliphatic rings. The van der Waals surface area contributed by atoms with E-state index in [2.05, 4.69) is 52.6 Å². The van der Waals surface area contributed by atoms with Crippen LogP contribution in [-0.2, 0) is 0 Å². The first-order valence-electron chi connectivity index (χ1n) is 6.95. The number of para-hydroxylation sites is 1. The van der Waals surface area contributed by atoms with Gasteiger partial charge in [0.05, 0.1) is 5.52 Å². The molecule has 21 heavy (non-hydrogen) atoms. The van der Waals surface area contributed by atoms with Crippen molar-refractivity contribution in [3.8, 4) is 0 Å². The second-order valence-electron chi connectivity index (χ2n) is 5.16.